The van der Waals surface area contributed by atoms with E-state index in [9.17, 15) is 0 Å². The fourth-order valence-corrected chi connectivity index (χ4v) is 3.52. The number of anilines is 3. The highest BCUT2D eigenvalue weighted by Crippen LogP contribution is 2.35. The zero-order valence-corrected chi connectivity index (χ0v) is 17.2. The molecule has 4 aromatic carbocycles. The van der Waals surface area contributed by atoms with E-state index in [2.05, 4.69) is 57.4 Å². The monoisotopic (exact) mass is 413 g/mol. The molecule has 0 spiro atoms. The quantitative estimate of drug-likeness (QED) is 0.295. The normalized spacial score (nSPS) is 10.5. The summed E-state index contributed by atoms with van der Waals surface area (Å²) < 4.78 is 5.91. The van der Waals surface area contributed by atoms with Crippen LogP contribution in [0.2, 0.25) is 0 Å². The molecule has 0 radical (unpaired) electrons. The SMILES string of the molecule is C#Cc1ccc(-c2nnc(-c3ccc(N(c4ccccc4)c4ccccc4)cc3)o2)cc1. The molecule has 4 nitrogen and oxygen atoms in total. The first-order valence-corrected chi connectivity index (χ1v) is 10.2. The molecule has 5 rings (SSSR count). The molecule has 4 heteroatoms. The van der Waals surface area contributed by atoms with Crippen LogP contribution in [0.1, 0.15) is 5.56 Å². The largest absolute Gasteiger partial charge is 0.416 e. The lowest BCUT2D eigenvalue weighted by molar-refractivity contribution is 0.584. The van der Waals surface area contributed by atoms with Gasteiger partial charge in [0.2, 0.25) is 11.8 Å². The van der Waals surface area contributed by atoms with Crippen molar-refractivity contribution in [3.63, 3.8) is 0 Å². The van der Waals surface area contributed by atoms with Gasteiger partial charge in [0.05, 0.1) is 0 Å². The van der Waals surface area contributed by atoms with Gasteiger partial charge in [-0.15, -0.1) is 16.6 Å². The summed E-state index contributed by atoms with van der Waals surface area (Å²) in [7, 11) is 0. The topological polar surface area (TPSA) is 42.2 Å². The van der Waals surface area contributed by atoms with Crippen LogP contribution < -0.4 is 4.90 Å². The fraction of sp³-hybridized carbons (Fsp3) is 0. The highest BCUT2D eigenvalue weighted by atomic mass is 16.4. The number of hydrogen-bond acceptors (Lipinski definition) is 4. The lowest BCUT2D eigenvalue weighted by atomic mass is 10.1. The van der Waals surface area contributed by atoms with E-state index in [1.165, 1.54) is 0 Å². The Hall–Kier alpha value is -4.62. The van der Waals surface area contributed by atoms with Crippen molar-refractivity contribution in [2.75, 3.05) is 4.90 Å². The van der Waals surface area contributed by atoms with Gasteiger partial charge in [0.1, 0.15) is 0 Å². The predicted molar refractivity (Wildman–Crippen MR) is 128 cm³/mol. The maximum atomic E-state index is 5.91. The first kappa shape index (κ1) is 19.3. The van der Waals surface area contributed by atoms with Gasteiger partial charge in [-0.05, 0) is 72.8 Å². The molecule has 0 fully saturated rings. The number of rotatable bonds is 5. The van der Waals surface area contributed by atoms with E-state index in [0.717, 1.165) is 33.8 Å². The fourth-order valence-electron chi connectivity index (χ4n) is 3.52. The zero-order chi connectivity index (χ0) is 21.8. The Morgan fingerprint density at radius 2 is 1.00 bits per heavy atom. The highest BCUT2D eigenvalue weighted by Gasteiger charge is 2.14. The molecule has 1 heterocycles. The summed E-state index contributed by atoms with van der Waals surface area (Å²) in [6.45, 7) is 0. The summed E-state index contributed by atoms with van der Waals surface area (Å²) in [5.41, 5.74) is 5.71. The maximum Gasteiger partial charge on any atom is 0.248 e. The van der Waals surface area contributed by atoms with Crippen LogP contribution >= 0.6 is 0 Å². The summed E-state index contributed by atoms with van der Waals surface area (Å²) in [5.74, 6) is 3.54. The summed E-state index contributed by atoms with van der Waals surface area (Å²) >= 11 is 0. The number of benzene rings is 4. The zero-order valence-electron chi connectivity index (χ0n) is 17.2. The third kappa shape index (κ3) is 3.88. The van der Waals surface area contributed by atoms with Crippen molar-refractivity contribution in [3.05, 3.63) is 115 Å². The number of nitrogens with zero attached hydrogens (tertiary/aromatic N) is 3. The predicted octanol–water partition coefficient (Wildman–Crippen LogP) is 6.85. The third-order valence-corrected chi connectivity index (χ3v) is 5.12. The molecule has 0 aliphatic rings. The second kappa shape index (κ2) is 8.63. The van der Waals surface area contributed by atoms with Crippen molar-refractivity contribution in [2.24, 2.45) is 0 Å². The van der Waals surface area contributed by atoms with Crippen LogP contribution in [0.5, 0.6) is 0 Å². The summed E-state index contributed by atoms with van der Waals surface area (Å²) in [5, 5.41) is 8.42. The van der Waals surface area contributed by atoms with E-state index in [4.69, 9.17) is 10.8 Å². The highest BCUT2D eigenvalue weighted by molar-refractivity contribution is 5.77. The van der Waals surface area contributed by atoms with Gasteiger partial charge < -0.3 is 9.32 Å². The smallest absolute Gasteiger partial charge is 0.248 e. The van der Waals surface area contributed by atoms with Crippen molar-refractivity contribution in [2.45, 2.75) is 0 Å². The minimum atomic E-state index is 0.461. The number of aromatic nitrogens is 2. The molecule has 0 unspecified atom stereocenters. The minimum Gasteiger partial charge on any atom is -0.416 e. The first-order valence-electron chi connectivity index (χ1n) is 10.2. The molecule has 152 valence electrons. The van der Waals surface area contributed by atoms with Crippen LogP contribution in [0.25, 0.3) is 22.9 Å². The van der Waals surface area contributed by atoms with E-state index in [0.29, 0.717) is 11.8 Å². The Balaban J connectivity index is 1.45. The van der Waals surface area contributed by atoms with Crippen LogP contribution in [-0.2, 0) is 0 Å². The van der Waals surface area contributed by atoms with Gasteiger partial charge in [0.25, 0.3) is 0 Å². The van der Waals surface area contributed by atoms with Gasteiger partial charge in [-0.3, -0.25) is 0 Å². The van der Waals surface area contributed by atoms with E-state index in [1.807, 2.05) is 72.8 Å². The number of para-hydroxylation sites is 2. The average molecular weight is 413 g/mol. The Labute approximate surface area is 186 Å². The summed E-state index contributed by atoms with van der Waals surface area (Å²) in [6, 6.07) is 36.1. The van der Waals surface area contributed by atoms with Crippen LogP contribution in [0.3, 0.4) is 0 Å². The van der Waals surface area contributed by atoms with Crippen molar-refractivity contribution in [3.8, 4) is 35.3 Å². The molecular weight excluding hydrogens is 394 g/mol. The molecule has 0 amide bonds. The molecule has 0 saturated heterocycles. The standard InChI is InChI=1S/C28H19N3O/c1-2-21-13-15-22(16-14-21)27-29-30-28(32-27)23-17-19-26(20-18-23)31(24-9-5-3-6-10-24)25-11-7-4-8-12-25/h1,3-20H. The molecule has 32 heavy (non-hydrogen) atoms. The Morgan fingerprint density at radius 3 is 1.47 bits per heavy atom. The van der Waals surface area contributed by atoms with E-state index in [-0.39, 0.29) is 0 Å². The van der Waals surface area contributed by atoms with Crippen LogP contribution in [0.15, 0.2) is 114 Å². The van der Waals surface area contributed by atoms with E-state index in [1.54, 1.807) is 0 Å². The molecule has 0 atom stereocenters. The maximum absolute atomic E-state index is 5.91. The lowest BCUT2D eigenvalue weighted by Crippen LogP contribution is -2.09. The number of hydrogen-bond donors (Lipinski definition) is 0. The van der Waals surface area contributed by atoms with Crippen LogP contribution in [0.4, 0.5) is 17.1 Å². The van der Waals surface area contributed by atoms with E-state index < -0.39 is 0 Å². The van der Waals surface area contributed by atoms with Crippen molar-refractivity contribution >= 4 is 17.1 Å². The van der Waals surface area contributed by atoms with Gasteiger partial charge in [-0.1, -0.05) is 42.3 Å². The molecule has 0 bridgehead atoms. The van der Waals surface area contributed by atoms with Gasteiger partial charge in [0, 0.05) is 33.8 Å². The second-order valence-electron chi connectivity index (χ2n) is 7.19. The lowest BCUT2D eigenvalue weighted by Gasteiger charge is -2.25. The molecular formula is C28H19N3O. The Bertz CT molecular complexity index is 1310. The van der Waals surface area contributed by atoms with Gasteiger partial charge in [-0.25, -0.2) is 0 Å². The summed E-state index contributed by atoms with van der Waals surface area (Å²) in [6.07, 6.45) is 5.42. The van der Waals surface area contributed by atoms with Crippen molar-refractivity contribution in [1.82, 2.24) is 10.2 Å². The first-order chi connectivity index (χ1) is 15.8. The Kier molecular flexibility index (Phi) is 5.22. The Morgan fingerprint density at radius 1 is 0.562 bits per heavy atom. The van der Waals surface area contributed by atoms with Gasteiger partial charge in [0.15, 0.2) is 0 Å². The van der Waals surface area contributed by atoms with E-state index >= 15 is 0 Å². The van der Waals surface area contributed by atoms with Crippen molar-refractivity contribution < 1.29 is 4.42 Å². The van der Waals surface area contributed by atoms with Gasteiger partial charge >= 0.3 is 0 Å². The molecule has 0 aliphatic heterocycles. The molecule has 1 aromatic heterocycles. The minimum absolute atomic E-state index is 0.461. The summed E-state index contributed by atoms with van der Waals surface area (Å²) in [4.78, 5) is 2.20. The second-order valence-corrected chi connectivity index (χ2v) is 7.19. The van der Waals surface area contributed by atoms with Crippen molar-refractivity contribution in [1.29, 1.82) is 0 Å². The molecule has 0 saturated carbocycles. The average Bonchev–Trinajstić information content (AvgIpc) is 3.36. The van der Waals surface area contributed by atoms with Crippen LogP contribution in [-0.4, -0.2) is 10.2 Å². The molecule has 0 N–H and O–H groups in total. The molecule has 0 aliphatic carbocycles. The number of terminal acetylenes is 1. The van der Waals surface area contributed by atoms with Gasteiger partial charge in [-0.2, -0.15) is 0 Å². The molecule has 5 aromatic rings. The third-order valence-electron chi connectivity index (χ3n) is 5.12. The van der Waals surface area contributed by atoms with Crippen LogP contribution in [0, 0.1) is 12.3 Å².